The van der Waals surface area contributed by atoms with E-state index in [1.165, 1.54) is 77.0 Å². The van der Waals surface area contributed by atoms with E-state index in [9.17, 15) is 0 Å². The normalized spacial score (nSPS) is 20.6. The minimum absolute atomic E-state index is 0.354. The summed E-state index contributed by atoms with van der Waals surface area (Å²) >= 11 is 0. The second-order valence-corrected chi connectivity index (χ2v) is 7.20. The van der Waals surface area contributed by atoms with Gasteiger partial charge in [-0.2, -0.15) is 0 Å². The zero-order valence-electron chi connectivity index (χ0n) is 16.1. The second-order valence-electron chi connectivity index (χ2n) is 7.20. The van der Waals surface area contributed by atoms with E-state index in [-0.39, 0.29) is 0 Å². The Kier molecular flexibility index (Phi) is 12.4. The second kappa shape index (κ2) is 13.9. The van der Waals surface area contributed by atoms with Gasteiger partial charge >= 0.3 is 0 Å². The number of unbranched alkanes of at least 4 members (excludes halogenated alkanes) is 11. The van der Waals surface area contributed by atoms with Crippen LogP contribution in [0.5, 0.6) is 0 Å². The monoisotopic (exact) mass is 323 g/mol. The molecule has 1 heterocycles. The minimum atomic E-state index is 0.354. The number of nitrogens with zero attached hydrogens (tertiary/aromatic N) is 1. The molecule has 2 heteroatoms. The summed E-state index contributed by atoms with van der Waals surface area (Å²) in [6.45, 7) is 6.71. The fourth-order valence-electron chi connectivity index (χ4n) is 3.50. The number of hydrogen-bond donors (Lipinski definition) is 0. The Bertz CT molecular complexity index is 300. The molecule has 1 rings (SSSR count). The summed E-state index contributed by atoms with van der Waals surface area (Å²) in [5.41, 5.74) is 0. The summed E-state index contributed by atoms with van der Waals surface area (Å²) in [6, 6.07) is 0.423. The van der Waals surface area contributed by atoms with Crippen LogP contribution in [-0.2, 0) is 4.74 Å². The van der Waals surface area contributed by atoms with Gasteiger partial charge in [0.15, 0.2) is 5.90 Å². The van der Waals surface area contributed by atoms with Gasteiger partial charge in [0.05, 0.1) is 6.04 Å². The largest absolute Gasteiger partial charge is 0.475 e. The number of hydrogen-bond acceptors (Lipinski definition) is 2. The van der Waals surface area contributed by atoms with Crippen LogP contribution in [0, 0.1) is 0 Å². The molecule has 0 aromatic heterocycles. The Morgan fingerprint density at radius 2 is 1.22 bits per heavy atom. The van der Waals surface area contributed by atoms with Crippen molar-refractivity contribution in [1.29, 1.82) is 0 Å². The van der Waals surface area contributed by atoms with E-state index in [1.807, 2.05) is 0 Å². The molecule has 2 unspecified atom stereocenters. The van der Waals surface area contributed by atoms with E-state index in [4.69, 9.17) is 9.73 Å². The highest BCUT2D eigenvalue weighted by Gasteiger charge is 2.27. The van der Waals surface area contributed by atoms with Gasteiger partial charge < -0.3 is 4.74 Å². The van der Waals surface area contributed by atoms with Crippen molar-refractivity contribution < 1.29 is 4.74 Å². The molecule has 2 atom stereocenters. The van der Waals surface area contributed by atoms with Crippen molar-refractivity contribution in [2.24, 2.45) is 4.99 Å². The summed E-state index contributed by atoms with van der Waals surface area (Å²) in [6.07, 6.45) is 20.5. The quantitative estimate of drug-likeness (QED) is 0.295. The lowest BCUT2D eigenvalue weighted by atomic mass is 10.0. The highest BCUT2D eigenvalue weighted by atomic mass is 16.5. The van der Waals surface area contributed by atoms with Crippen molar-refractivity contribution in [2.45, 2.75) is 129 Å². The summed E-state index contributed by atoms with van der Waals surface area (Å²) in [4.78, 5) is 4.74. The van der Waals surface area contributed by atoms with Crippen molar-refractivity contribution in [1.82, 2.24) is 0 Å². The first-order valence-electron chi connectivity index (χ1n) is 10.5. The first kappa shape index (κ1) is 20.5. The molecular weight excluding hydrogens is 282 g/mol. The predicted octanol–water partition coefficient (Wildman–Crippen LogP) is 7.06. The summed E-state index contributed by atoms with van der Waals surface area (Å²) < 4.78 is 5.96. The van der Waals surface area contributed by atoms with Gasteiger partial charge in [0.25, 0.3) is 0 Å². The molecule has 136 valence electrons. The SMILES string of the molecule is CCCCCCCCCCCCCCC1=NC(CC)C(CC)O1. The third-order valence-corrected chi connectivity index (χ3v) is 5.09. The molecule has 0 aromatic rings. The van der Waals surface area contributed by atoms with Crippen LogP contribution in [0.25, 0.3) is 0 Å². The molecule has 0 saturated carbocycles. The zero-order valence-corrected chi connectivity index (χ0v) is 16.1. The number of rotatable bonds is 15. The van der Waals surface area contributed by atoms with Crippen molar-refractivity contribution in [3.8, 4) is 0 Å². The van der Waals surface area contributed by atoms with Crippen LogP contribution in [0.1, 0.15) is 117 Å². The van der Waals surface area contributed by atoms with E-state index < -0.39 is 0 Å². The Balaban J connectivity index is 1.87. The molecule has 23 heavy (non-hydrogen) atoms. The predicted molar refractivity (Wildman–Crippen MR) is 102 cm³/mol. The van der Waals surface area contributed by atoms with Crippen LogP contribution in [0.2, 0.25) is 0 Å². The summed E-state index contributed by atoms with van der Waals surface area (Å²) in [5, 5.41) is 0. The molecule has 0 spiro atoms. The molecular formula is C21H41NO. The summed E-state index contributed by atoms with van der Waals surface area (Å²) in [7, 11) is 0. The Morgan fingerprint density at radius 3 is 1.65 bits per heavy atom. The van der Waals surface area contributed by atoms with E-state index in [2.05, 4.69) is 20.8 Å². The third kappa shape index (κ3) is 9.37. The number of aliphatic imine (C=N–C) groups is 1. The van der Waals surface area contributed by atoms with Crippen molar-refractivity contribution in [2.75, 3.05) is 0 Å². The van der Waals surface area contributed by atoms with Crippen molar-refractivity contribution >= 4 is 5.90 Å². The lowest BCUT2D eigenvalue weighted by molar-refractivity contribution is 0.180. The Morgan fingerprint density at radius 1 is 0.696 bits per heavy atom. The van der Waals surface area contributed by atoms with Gasteiger partial charge in [0, 0.05) is 6.42 Å². The van der Waals surface area contributed by atoms with E-state index in [0.717, 1.165) is 25.2 Å². The van der Waals surface area contributed by atoms with Crippen molar-refractivity contribution in [3.63, 3.8) is 0 Å². The standard InChI is InChI=1S/C21H41NO/c1-4-7-8-9-10-11-12-13-14-15-16-17-18-21-22-19(5-2)20(6-3)23-21/h19-20H,4-18H2,1-3H3. The van der Waals surface area contributed by atoms with Crippen LogP contribution < -0.4 is 0 Å². The van der Waals surface area contributed by atoms with Gasteiger partial charge in [0.2, 0.25) is 0 Å². The fourth-order valence-corrected chi connectivity index (χ4v) is 3.50. The van der Waals surface area contributed by atoms with Crippen LogP contribution in [0.4, 0.5) is 0 Å². The maximum absolute atomic E-state index is 5.96. The highest BCUT2D eigenvalue weighted by Crippen LogP contribution is 2.22. The van der Waals surface area contributed by atoms with Crippen LogP contribution in [-0.4, -0.2) is 18.0 Å². The molecule has 1 aliphatic rings. The van der Waals surface area contributed by atoms with Gasteiger partial charge in [0.1, 0.15) is 6.10 Å². The van der Waals surface area contributed by atoms with Crippen LogP contribution in [0.3, 0.4) is 0 Å². The lowest BCUT2D eigenvalue weighted by Crippen LogP contribution is -2.20. The molecule has 1 aliphatic heterocycles. The average Bonchev–Trinajstić information content (AvgIpc) is 2.98. The smallest absolute Gasteiger partial charge is 0.184 e. The van der Waals surface area contributed by atoms with Gasteiger partial charge in [-0.3, -0.25) is 0 Å². The molecule has 0 bridgehead atoms. The Hall–Kier alpha value is -0.530. The molecule has 0 saturated heterocycles. The summed E-state index contributed by atoms with van der Waals surface area (Å²) in [5.74, 6) is 1.04. The molecule has 0 aliphatic carbocycles. The fraction of sp³-hybridized carbons (Fsp3) is 0.952. The minimum Gasteiger partial charge on any atom is -0.475 e. The molecule has 0 aromatic carbocycles. The van der Waals surface area contributed by atoms with Crippen LogP contribution >= 0.6 is 0 Å². The van der Waals surface area contributed by atoms with Crippen molar-refractivity contribution in [3.05, 3.63) is 0 Å². The average molecular weight is 324 g/mol. The maximum atomic E-state index is 5.96. The molecule has 2 nitrogen and oxygen atoms in total. The van der Waals surface area contributed by atoms with Gasteiger partial charge in [-0.05, 0) is 19.3 Å². The van der Waals surface area contributed by atoms with Gasteiger partial charge in [-0.1, -0.05) is 91.4 Å². The number of ether oxygens (including phenoxy) is 1. The molecule has 0 amide bonds. The van der Waals surface area contributed by atoms with E-state index >= 15 is 0 Å². The van der Waals surface area contributed by atoms with Crippen LogP contribution in [0.15, 0.2) is 4.99 Å². The molecule has 0 radical (unpaired) electrons. The van der Waals surface area contributed by atoms with Gasteiger partial charge in [-0.25, -0.2) is 4.99 Å². The zero-order chi connectivity index (χ0) is 16.8. The topological polar surface area (TPSA) is 21.6 Å². The Labute approximate surface area is 145 Å². The van der Waals surface area contributed by atoms with E-state index in [1.54, 1.807) is 0 Å². The highest BCUT2D eigenvalue weighted by molar-refractivity contribution is 5.78. The molecule has 0 N–H and O–H groups in total. The van der Waals surface area contributed by atoms with E-state index in [0.29, 0.717) is 12.1 Å². The lowest BCUT2D eigenvalue weighted by Gasteiger charge is -2.13. The van der Waals surface area contributed by atoms with Gasteiger partial charge in [-0.15, -0.1) is 0 Å². The molecule has 0 fully saturated rings. The first-order valence-corrected chi connectivity index (χ1v) is 10.5. The maximum Gasteiger partial charge on any atom is 0.184 e. The first-order chi connectivity index (χ1) is 11.3. The third-order valence-electron chi connectivity index (χ3n) is 5.09.